The topological polar surface area (TPSA) is 64.1 Å². The molecule has 0 atom stereocenters. The van der Waals surface area contributed by atoms with Gasteiger partial charge < -0.3 is 16.8 Å². The maximum atomic E-state index is 5.17. The molecule has 0 bridgehead atoms. The molecule has 0 aliphatic rings. The van der Waals surface area contributed by atoms with E-state index in [-0.39, 0.29) is 17.1 Å². The van der Waals surface area contributed by atoms with E-state index < -0.39 is 0 Å². The van der Waals surface area contributed by atoms with Gasteiger partial charge in [0.2, 0.25) is 0 Å². The molecule has 0 aliphatic heterocycles. The van der Waals surface area contributed by atoms with Crippen molar-refractivity contribution in [2.75, 3.05) is 26.2 Å². The number of hydrogen-bond donors (Lipinski definition) is 3. The number of hydrogen-bond acceptors (Lipinski definition) is 3. The average Bonchev–Trinajstić information content (AvgIpc) is 1.69. The van der Waals surface area contributed by atoms with Crippen LogP contribution >= 0.6 is 0 Å². The summed E-state index contributed by atoms with van der Waals surface area (Å²) in [6, 6.07) is 0. The van der Waals surface area contributed by atoms with Crippen LogP contribution in [0.5, 0.6) is 0 Å². The van der Waals surface area contributed by atoms with Crippen molar-refractivity contribution in [3.8, 4) is 0 Å². The van der Waals surface area contributed by atoms with E-state index in [0.29, 0.717) is 13.1 Å². The molecule has 0 heterocycles. The molecule has 0 saturated heterocycles. The van der Waals surface area contributed by atoms with E-state index in [1.54, 1.807) is 0 Å². The van der Waals surface area contributed by atoms with Gasteiger partial charge in [0.15, 0.2) is 0 Å². The van der Waals surface area contributed by atoms with Crippen LogP contribution < -0.4 is 16.8 Å². The van der Waals surface area contributed by atoms with Crippen molar-refractivity contribution in [1.29, 1.82) is 0 Å². The third-order valence-corrected chi connectivity index (χ3v) is 0.642. The Morgan fingerprint density at radius 3 is 1.62 bits per heavy atom. The molecule has 0 saturated carbocycles. The number of nitrogens with two attached hydrogens (primary N) is 2. The van der Waals surface area contributed by atoms with Gasteiger partial charge in [-0.05, 0) is 0 Å². The Bertz CT molecular complexity index is 30.5. The molecule has 0 rings (SSSR count). The van der Waals surface area contributed by atoms with Gasteiger partial charge in [-0.2, -0.15) is 0 Å². The molecule has 0 fully saturated rings. The number of nitrogens with one attached hydrogen (secondary N) is 1. The third kappa shape index (κ3) is 9.64. The Morgan fingerprint density at radius 2 is 1.38 bits per heavy atom. The molecule has 0 aromatic rings. The summed E-state index contributed by atoms with van der Waals surface area (Å²) in [5, 5.41) is 3.03. The maximum absolute atomic E-state index is 5.17. The van der Waals surface area contributed by atoms with Crippen molar-refractivity contribution < 1.29 is 17.1 Å². The molecule has 3 nitrogen and oxygen atoms in total. The van der Waals surface area contributed by atoms with Crippen LogP contribution in [0.2, 0.25) is 0 Å². The standard InChI is InChI=1S/C4H13N3.Cu/c5-1-3-7-4-2-6;/h7H,1-6H2;/q;+2. The average molecular weight is 167 g/mol. The summed E-state index contributed by atoms with van der Waals surface area (Å²) >= 11 is 0. The largest absolute Gasteiger partial charge is 2.00 e. The first-order chi connectivity index (χ1) is 3.41. The molecule has 1 radical (unpaired) electrons. The van der Waals surface area contributed by atoms with Gasteiger partial charge in [0.1, 0.15) is 0 Å². The summed E-state index contributed by atoms with van der Waals surface area (Å²) in [4.78, 5) is 0. The second-order valence-corrected chi connectivity index (χ2v) is 1.33. The second kappa shape index (κ2) is 10.4. The SMILES string of the molecule is NCCNCCN.[Cu+2]. The van der Waals surface area contributed by atoms with E-state index in [2.05, 4.69) is 5.32 Å². The zero-order chi connectivity index (χ0) is 5.54. The van der Waals surface area contributed by atoms with Gasteiger partial charge in [0, 0.05) is 26.2 Å². The molecule has 0 unspecified atom stereocenters. The van der Waals surface area contributed by atoms with E-state index in [9.17, 15) is 0 Å². The van der Waals surface area contributed by atoms with E-state index >= 15 is 0 Å². The fourth-order valence-corrected chi connectivity index (χ4v) is 0.329. The Labute approximate surface area is 60.7 Å². The van der Waals surface area contributed by atoms with E-state index in [0.717, 1.165) is 13.1 Å². The Balaban J connectivity index is 0. The van der Waals surface area contributed by atoms with Gasteiger partial charge >= 0.3 is 17.1 Å². The van der Waals surface area contributed by atoms with Crippen molar-refractivity contribution in [2.24, 2.45) is 11.5 Å². The first-order valence-electron chi connectivity index (χ1n) is 2.52. The molecule has 5 N–H and O–H groups in total. The minimum atomic E-state index is 0. The first-order valence-corrected chi connectivity index (χ1v) is 2.52. The van der Waals surface area contributed by atoms with Crippen LogP contribution in [-0.2, 0) is 17.1 Å². The van der Waals surface area contributed by atoms with Crippen molar-refractivity contribution >= 4 is 0 Å². The molecular weight excluding hydrogens is 154 g/mol. The molecule has 0 aromatic heterocycles. The van der Waals surface area contributed by atoms with Crippen LogP contribution in [0.3, 0.4) is 0 Å². The normalized spacial score (nSPS) is 8.25. The van der Waals surface area contributed by atoms with Crippen LogP contribution in [0.15, 0.2) is 0 Å². The van der Waals surface area contributed by atoms with Gasteiger partial charge in [-0.3, -0.25) is 0 Å². The van der Waals surface area contributed by atoms with Crippen molar-refractivity contribution in [1.82, 2.24) is 5.32 Å². The Hall–Kier alpha value is 0.399. The molecule has 0 spiro atoms. The number of rotatable bonds is 4. The Kier molecular flexibility index (Phi) is 14.6. The van der Waals surface area contributed by atoms with Crippen molar-refractivity contribution in [3.63, 3.8) is 0 Å². The minimum absolute atomic E-state index is 0. The first kappa shape index (κ1) is 11.2. The minimum Gasteiger partial charge on any atom is -0.329 e. The molecule has 4 heteroatoms. The smallest absolute Gasteiger partial charge is 0.329 e. The van der Waals surface area contributed by atoms with Gasteiger partial charge in [-0.25, -0.2) is 0 Å². The zero-order valence-corrected chi connectivity index (χ0v) is 5.73. The van der Waals surface area contributed by atoms with Gasteiger partial charge in [-0.1, -0.05) is 0 Å². The van der Waals surface area contributed by atoms with Gasteiger partial charge in [0.25, 0.3) is 0 Å². The summed E-state index contributed by atoms with van der Waals surface area (Å²) in [6.07, 6.45) is 0. The van der Waals surface area contributed by atoms with Crippen LogP contribution in [-0.4, -0.2) is 26.2 Å². The summed E-state index contributed by atoms with van der Waals surface area (Å²) in [7, 11) is 0. The molecule has 0 aliphatic carbocycles. The van der Waals surface area contributed by atoms with Crippen LogP contribution in [0, 0.1) is 0 Å². The van der Waals surface area contributed by atoms with Crippen LogP contribution in [0.1, 0.15) is 0 Å². The monoisotopic (exact) mass is 166 g/mol. The molecule has 0 amide bonds. The van der Waals surface area contributed by atoms with E-state index in [1.165, 1.54) is 0 Å². The fraction of sp³-hybridized carbons (Fsp3) is 1.00. The molecule has 0 aromatic carbocycles. The molecule has 8 heavy (non-hydrogen) atoms. The predicted molar refractivity (Wildman–Crippen MR) is 31.0 cm³/mol. The van der Waals surface area contributed by atoms with Gasteiger partial charge in [0.05, 0.1) is 0 Å². The molecule has 53 valence electrons. The summed E-state index contributed by atoms with van der Waals surface area (Å²) in [5.74, 6) is 0. The van der Waals surface area contributed by atoms with Gasteiger partial charge in [-0.15, -0.1) is 0 Å². The summed E-state index contributed by atoms with van der Waals surface area (Å²) in [5.41, 5.74) is 10.3. The quantitative estimate of drug-likeness (QED) is 0.352. The third-order valence-electron chi connectivity index (χ3n) is 0.642. The van der Waals surface area contributed by atoms with Crippen LogP contribution in [0.25, 0.3) is 0 Å². The Morgan fingerprint density at radius 1 is 1.00 bits per heavy atom. The van der Waals surface area contributed by atoms with E-state index in [1.807, 2.05) is 0 Å². The fourth-order valence-electron chi connectivity index (χ4n) is 0.329. The predicted octanol–water partition coefficient (Wildman–Crippen LogP) is -1.51. The molecular formula is C4H13CuN3+2. The second-order valence-electron chi connectivity index (χ2n) is 1.33. The summed E-state index contributed by atoms with van der Waals surface area (Å²) in [6.45, 7) is 3.13. The van der Waals surface area contributed by atoms with Crippen LogP contribution in [0.4, 0.5) is 0 Å². The van der Waals surface area contributed by atoms with Crippen molar-refractivity contribution in [2.45, 2.75) is 0 Å². The summed E-state index contributed by atoms with van der Waals surface area (Å²) < 4.78 is 0. The van der Waals surface area contributed by atoms with Crippen molar-refractivity contribution in [3.05, 3.63) is 0 Å². The maximum Gasteiger partial charge on any atom is 2.00 e. The zero-order valence-electron chi connectivity index (χ0n) is 4.78. The van der Waals surface area contributed by atoms with E-state index in [4.69, 9.17) is 11.5 Å².